The van der Waals surface area contributed by atoms with Crippen molar-refractivity contribution >= 4 is 0 Å². The Balaban J connectivity index is 2.01. The number of nitrogens with two attached hydrogens (primary N) is 1. The van der Waals surface area contributed by atoms with Gasteiger partial charge in [0, 0.05) is 0 Å². The van der Waals surface area contributed by atoms with Gasteiger partial charge in [0.05, 0.1) is 19.3 Å². The molecule has 0 aromatic heterocycles. The van der Waals surface area contributed by atoms with Gasteiger partial charge in [0.2, 0.25) is 0 Å². The second-order valence-electron chi connectivity index (χ2n) is 5.17. The summed E-state index contributed by atoms with van der Waals surface area (Å²) >= 11 is 0. The Kier molecular flexibility index (Phi) is 5.48. The van der Waals surface area contributed by atoms with Gasteiger partial charge in [0.1, 0.15) is 36.6 Å². The van der Waals surface area contributed by atoms with Gasteiger partial charge < -0.3 is 50.6 Å². The van der Waals surface area contributed by atoms with E-state index < -0.39 is 61.9 Å². The summed E-state index contributed by atoms with van der Waals surface area (Å²) in [4.78, 5) is 0. The van der Waals surface area contributed by atoms with Crippen molar-refractivity contribution in [1.29, 1.82) is 0 Å². The number of hydrogen-bond donors (Lipinski definition) is 7. The minimum Gasteiger partial charge on any atom is -0.394 e. The zero-order valence-electron chi connectivity index (χ0n) is 11.1. The van der Waals surface area contributed by atoms with E-state index in [0.29, 0.717) is 0 Å². The van der Waals surface area contributed by atoms with Gasteiger partial charge in [-0.3, -0.25) is 0 Å². The molecule has 10 heteroatoms. The number of rotatable bonds is 3. The van der Waals surface area contributed by atoms with Crippen LogP contribution in [-0.4, -0.2) is 99.1 Å². The first-order valence-electron chi connectivity index (χ1n) is 6.56. The molecule has 9 atom stereocenters. The lowest BCUT2D eigenvalue weighted by Crippen LogP contribution is -2.64. The third-order valence-electron chi connectivity index (χ3n) is 3.65. The van der Waals surface area contributed by atoms with E-state index in [2.05, 4.69) is 0 Å². The lowest BCUT2D eigenvalue weighted by molar-refractivity contribution is -0.346. The molecule has 10 nitrogen and oxygen atoms in total. The summed E-state index contributed by atoms with van der Waals surface area (Å²) in [5.74, 6) is 0. The molecule has 124 valence electrons. The normalized spacial score (nSPS) is 51.9. The van der Waals surface area contributed by atoms with E-state index in [1.807, 2.05) is 0 Å². The largest absolute Gasteiger partial charge is 0.394 e. The van der Waals surface area contributed by atoms with Gasteiger partial charge in [0.25, 0.3) is 0 Å². The highest BCUT2D eigenvalue weighted by Crippen LogP contribution is 2.25. The van der Waals surface area contributed by atoms with Crippen LogP contribution in [0.3, 0.4) is 0 Å². The second-order valence-corrected chi connectivity index (χ2v) is 5.17. The quantitative estimate of drug-likeness (QED) is 0.268. The highest BCUT2D eigenvalue weighted by molar-refractivity contribution is 4.92. The molecule has 0 radical (unpaired) electrons. The molecule has 0 aromatic carbocycles. The van der Waals surface area contributed by atoms with Crippen LogP contribution in [0.15, 0.2) is 0 Å². The number of ether oxygens (including phenoxy) is 3. The SMILES string of the molecule is N[C@H]1[C@H](O[C@@H]2OC[C@H](O)[C@@H](O)[C@H]2O)O[C@H](CO)[C@@H](O)[C@@H]1O. The molecule has 0 bridgehead atoms. The average Bonchev–Trinajstić information content (AvgIpc) is 2.48. The van der Waals surface area contributed by atoms with Gasteiger partial charge in [-0.1, -0.05) is 0 Å². The summed E-state index contributed by atoms with van der Waals surface area (Å²) in [5.41, 5.74) is 5.66. The Morgan fingerprint density at radius 2 is 1.62 bits per heavy atom. The molecule has 0 amide bonds. The summed E-state index contributed by atoms with van der Waals surface area (Å²) in [6.07, 6.45) is -10.8. The number of hydrogen-bond acceptors (Lipinski definition) is 10. The molecule has 2 aliphatic heterocycles. The van der Waals surface area contributed by atoms with Gasteiger partial charge in [-0.2, -0.15) is 0 Å². The third-order valence-corrected chi connectivity index (χ3v) is 3.65. The highest BCUT2D eigenvalue weighted by atomic mass is 16.8. The standard InChI is InChI=1S/C11H21NO9/c12-5-8(17)7(16)4(1-13)20-10(5)21-11-9(18)6(15)3(14)2-19-11/h3-11,13-18H,1-2,12H2/t3-,4+,5+,6+,7+,8+,9+,10-,11-/m0/s1. The van der Waals surface area contributed by atoms with Crippen molar-refractivity contribution in [1.82, 2.24) is 0 Å². The van der Waals surface area contributed by atoms with Gasteiger partial charge in [-0.15, -0.1) is 0 Å². The predicted molar refractivity (Wildman–Crippen MR) is 64.6 cm³/mol. The first-order chi connectivity index (χ1) is 9.86. The monoisotopic (exact) mass is 311 g/mol. The van der Waals surface area contributed by atoms with Gasteiger partial charge >= 0.3 is 0 Å². The molecule has 0 saturated carbocycles. The predicted octanol–water partition coefficient (Wildman–Crippen LogP) is -4.79. The molecule has 2 saturated heterocycles. The average molecular weight is 311 g/mol. The Morgan fingerprint density at radius 3 is 2.24 bits per heavy atom. The van der Waals surface area contributed by atoms with Crippen LogP contribution in [-0.2, 0) is 14.2 Å². The van der Waals surface area contributed by atoms with Gasteiger partial charge in [0.15, 0.2) is 12.6 Å². The van der Waals surface area contributed by atoms with Crippen LogP contribution < -0.4 is 5.73 Å². The lowest BCUT2D eigenvalue weighted by atomic mass is 9.97. The smallest absolute Gasteiger partial charge is 0.189 e. The lowest BCUT2D eigenvalue weighted by Gasteiger charge is -2.43. The van der Waals surface area contributed by atoms with E-state index in [4.69, 9.17) is 25.1 Å². The third kappa shape index (κ3) is 3.35. The summed E-state index contributed by atoms with van der Waals surface area (Å²) < 4.78 is 15.5. The van der Waals surface area contributed by atoms with Crippen LogP contribution in [0.2, 0.25) is 0 Å². The first-order valence-corrected chi connectivity index (χ1v) is 6.56. The maximum atomic E-state index is 9.77. The van der Waals surface area contributed by atoms with Crippen molar-refractivity contribution in [3.63, 3.8) is 0 Å². The Morgan fingerprint density at radius 1 is 0.952 bits per heavy atom. The molecule has 0 unspecified atom stereocenters. The molecule has 0 aliphatic carbocycles. The number of aliphatic hydroxyl groups is 6. The molecule has 8 N–H and O–H groups in total. The Labute approximate surface area is 120 Å². The summed E-state index contributed by atoms with van der Waals surface area (Å²) in [5, 5.41) is 57.1. The minimum atomic E-state index is -1.54. The van der Waals surface area contributed by atoms with E-state index in [-0.39, 0.29) is 6.61 Å². The van der Waals surface area contributed by atoms with E-state index in [0.717, 1.165) is 0 Å². The van der Waals surface area contributed by atoms with E-state index in [9.17, 15) is 25.5 Å². The van der Waals surface area contributed by atoms with E-state index >= 15 is 0 Å². The molecule has 21 heavy (non-hydrogen) atoms. The molecule has 2 aliphatic rings. The Bertz CT molecular complexity index is 344. The van der Waals surface area contributed by atoms with Crippen LogP contribution >= 0.6 is 0 Å². The van der Waals surface area contributed by atoms with Crippen LogP contribution in [0.25, 0.3) is 0 Å². The van der Waals surface area contributed by atoms with Crippen molar-refractivity contribution in [2.75, 3.05) is 13.2 Å². The topological polar surface area (TPSA) is 175 Å². The number of aliphatic hydroxyl groups excluding tert-OH is 6. The molecule has 0 aromatic rings. The second kappa shape index (κ2) is 6.79. The van der Waals surface area contributed by atoms with Crippen molar-refractivity contribution in [2.45, 2.75) is 55.2 Å². The van der Waals surface area contributed by atoms with Crippen molar-refractivity contribution in [3.8, 4) is 0 Å². The molecule has 2 heterocycles. The first kappa shape index (κ1) is 17.0. The molecule has 0 spiro atoms. The zero-order chi connectivity index (χ0) is 15.7. The maximum absolute atomic E-state index is 9.77. The zero-order valence-corrected chi connectivity index (χ0v) is 11.1. The van der Waals surface area contributed by atoms with Crippen LogP contribution in [0.4, 0.5) is 0 Å². The van der Waals surface area contributed by atoms with E-state index in [1.54, 1.807) is 0 Å². The van der Waals surface area contributed by atoms with Crippen LogP contribution in [0, 0.1) is 0 Å². The fraction of sp³-hybridized carbons (Fsp3) is 1.00. The fourth-order valence-electron chi connectivity index (χ4n) is 2.26. The van der Waals surface area contributed by atoms with Gasteiger partial charge in [-0.25, -0.2) is 0 Å². The van der Waals surface area contributed by atoms with Crippen LogP contribution in [0.5, 0.6) is 0 Å². The molecule has 2 rings (SSSR count). The highest BCUT2D eigenvalue weighted by Gasteiger charge is 2.46. The van der Waals surface area contributed by atoms with E-state index in [1.165, 1.54) is 0 Å². The van der Waals surface area contributed by atoms with Gasteiger partial charge in [-0.05, 0) is 0 Å². The van der Waals surface area contributed by atoms with Crippen molar-refractivity contribution < 1.29 is 44.8 Å². The Hall–Kier alpha value is -0.400. The fourth-order valence-corrected chi connectivity index (χ4v) is 2.26. The summed E-state index contributed by atoms with van der Waals surface area (Å²) in [6, 6.07) is -1.15. The maximum Gasteiger partial charge on any atom is 0.189 e. The minimum absolute atomic E-state index is 0.264. The van der Waals surface area contributed by atoms with Crippen molar-refractivity contribution in [3.05, 3.63) is 0 Å². The summed E-state index contributed by atoms with van der Waals surface area (Å²) in [6.45, 7) is -0.834. The molecule has 2 fully saturated rings. The molecular formula is C11H21NO9. The van der Waals surface area contributed by atoms with Crippen LogP contribution in [0.1, 0.15) is 0 Å². The summed E-state index contributed by atoms with van der Waals surface area (Å²) in [7, 11) is 0. The molecular weight excluding hydrogens is 290 g/mol. The van der Waals surface area contributed by atoms with Crippen molar-refractivity contribution in [2.24, 2.45) is 5.73 Å².